The van der Waals surface area contributed by atoms with Crippen LogP contribution in [0.15, 0.2) is 36.4 Å². The number of ether oxygens (including phenoxy) is 1. The van der Waals surface area contributed by atoms with E-state index in [2.05, 4.69) is 10.3 Å². The third-order valence-electron chi connectivity index (χ3n) is 2.35. The van der Waals surface area contributed by atoms with E-state index in [1.807, 2.05) is 18.2 Å². The molecule has 0 unspecified atom stereocenters. The molecule has 0 spiro atoms. The number of hydrogen-bond donors (Lipinski definition) is 1. The summed E-state index contributed by atoms with van der Waals surface area (Å²) in [4.78, 5) is 4.33. The van der Waals surface area contributed by atoms with Gasteiger partial charge in [0.2, 0.25) is 0 Å². The molecule has 2 aromatic rings. The third-order valence-corrected chi connectivity index (χ3v) is 2.93. The molecule has 0 aliphatic carbocycles. The van der Waals surface area contributed by atoms with E-state index in [9.17, 15) is 0 Å². The van der Waals surface area contributed by atoms with Crippen molar-refractivity contribution in [2.24, 2.45) is 0 Å². The second kappa shape index (κ2) is 5.94. The van der Waals surface area contributed by atoms with Crippen LogP contribution in [0.25, 0.3) is 0 Å². The van der Waals surface area contributed by atoms with Crippen molar-refractivity contribution >= 4 is 29.0 Å². The van der Waals surface area contributed by atoms with Crippen LogP contribution in [0, 0.1) is 0 Å². The van der Waals surface area contributed by atoms with E-state index in [0.717, 1.165) is 5.82 Å². The highest BCUT2D eigenvalue weighted by Crippen LogP contribution is 2.21. The third kappa shape index (κ3) is 3.28. The summed E-state index contributed by atoms with van der Waals surface area (Å²) in [5, 5.41) is 4.17. The lowest BCUT2D eigenvalue weighted by atomic mass is 10.3. The summed E-state index contributed by atoms with van der Waals surface area (Å²) in [5.74, 6) is 1.44. The predicted octanol–water partition coefficient (Wildman–Crippen LogP) is 4.01. The van der Waals surface area contributed by atoms with Gasteiger partial charge in [-0.3, -0.25) is 0 Å². The molecule has 1 N–H and O–H groups in total. The Labute approximate surface area is 116 Å². The minimum Gasteiger partial charge on any atom is -0.487 e. The Morgan fingerprint density at radius 3 is 2.78 bits per heavy atom. The summed E-state index contributed by atoms with van der Waals surface area (Å²) in [6.45, 7) is 0.300. The molecule has 1 aromatic heterocycles. The molecule has 94 valence electrons. The molecule has 5 heteroatoms. The average molecular weight is 283 g/mol. The van der Waals surface area contributed by atoms with Crippen molar-refractivity contribution in [3.05, 3.63) is 52.1 Å². The standard InChI is InChI=1S/C13H12Cl2N2O/c1-16-13-6-5-11(15)12(17-13)8-18-10-4-2-3-9(14)7-10/h2-7H,8H2,1H3,(H,16,17). The normalized spacial score (nSPS) is 10.2. The molecule has 0 radical (unpaired) electrons. The van der Waals surface area contributed by atoms with Crippen LogP contribution in [0.3, 0.4) is 0 Å². The quantitative estimate of drug-likeness (QED) is 0.920. The Balaban J connectivity index is 2.10. The molecule has 0 aliphatic rings. The number of pyridine rings is 1. The summed E-state index contributed by atoms with van der Waals surface area (Å²) < 4.78 is 5.59. The smallest absolute Gasteiger partial charge is 0.132 e. The van der Waals surface area contributed by atoms with E-state index < -0.39 is 0 Å². The van der Waals surface area contributed by atoms with Crippen molar-refractivity contribution < 1.29 is 4.74 Å². The fourth-order valence-electron chi connectivity index (χ4n) is 1.43. The Hall–Kier alpha value is -1.45. The number of benzene rings is 1. The highest BCUT2D eigenvalue weighted by molar-refractivity contribution is 6.31. The van der Waals surface area contributed by atoms with Gasteiger partial charge in [0, 0.05) is 12.1 Å². The first kappa shape index (κ1) is 13.0. The van der Waals surface area contributed by atoms with E-state index in [1.165, 1.54) is 0 Å². The number of nitrogens with zero attached hydrogens (tertiary/aromatic N) is 1. The number of rotatable bonds is 4. The Bertz CT molecular complexity index is 546. The molecule has 0 saturated carbocycles. The van der Waals surface area contributed by atoms with Crippen LogP contribution in [0.1, 0.15) is 5.69 Å². The molecule has 18 heavy (non-hydrogen) atoms. The summed E-state index contributed by atoms with van der Waals surface area (Å²) in [5.41, 5.74) is 0.684. The van der Waals surface area contributed by atoms with Crippen LogP contribution >= 0.6 is 23.2 Å². The minimum absolute atomic E-state index is 0.300. The van der Waals surface area contributed by atoms with Gasteiger partial charge in [-0.1, -0.05) is 29.3 Å². The van der Waals surface area contributed by atoms with E-state index in [4.69, 9.17) is 27.9 Å². The molecule has 2 rings (SSSR count). The number of nitrogens with one attached hydrogen (secondary N) is 1. The van der Waals surface area contributed by atoms with Gasteiger partial charge in [0.1, 0.15) is 18.2 Å². The maximum absolute atomic E-state index is 6.05. The van der Waals surface area contributed by atoms with E-state index >= 15 is 0 Å². The van der Waals surface area contributed by atoms with Gasteiger partial charge in [-0.05, 0) is 30.3 Å². The van der Waals surface area contributed by atoms with Crippen LogP contribution in [0.5, 0.6) is 5.75 Å². The average Bonchev–Trinajstić information content (AvgIpc) is 2.38. The molecule has 3 nitrogen and oxygen atoms in total. The molecule has 0 atom stereocenters. The van der Waals surface area contributed by atoms with Crippen LogP contribution in [0.4, 0.5) is 5.82 Å². The van der Waals surface area contributed by atoms with Crippen molar-refractivity contribution in [1.29, 1.82) is 0 Å². The van der Waals surface area contributed by atoms with Gasteiger partial charge >= 0.3 is 0 Å². The fraction of sp³-hybridized carbons (Fsp3) is 0.154. The number of hydrogen-bond acceptors (Lipinski definition) is 3. The summed E-state index contributed by atoms with van der Waals surface area (Å²) in [6.07, 6.45) is 0. The predicted molar refractivity (Wildman–Crippen MR) is 74.6 cm³/mol. The van der Waals surface area contributed by atoms with Gasteiger partial charge in [0.25, 0.3) is 0 Å². The maximum Gasteiger partial charge on any atom is 0.132 e. The lowest BCUT2D eigenvalue weighted by Crippen LogP contribution is -2.02. The van der Waals surface area contributed by atoms with Crippen LogP contribution in [0.2, 0.25) is 10.0 Å². The first-order valence-corrected chi connectivity index (χ1v) is 6.16. The summed E-state index contributed by atoms with van der Waals surface area (Å²) in [6, 6.07) is 10.8. The topological polar surface area (TPSA) is 34.1 Å². The molecule has 0 bridgehead atoms. The highest BCUT2D eigenvalue weighted by atomic mass is 35.5. The first-order chi connectivity index (χ1) is 8.69. The maximum atomic E-state index is 6.05. The zero-order valence-electron chi connectivity index (χ0n) is 9.78. The lowest BCUT2D eigenvalue weighted by Gasteiger charge is -2.09. The molecule has 1 aromatic carbocycles. The second-order valence-corrected chi connectivity index (χ2v) is 4.46. The lowest BCUT2D eigenvalue weighted by molar-refractivity contribution is 0.301. The van der Waals surface area contributed by atoms with Crippen molar-refractivity contribution in [3.63, 3.8) is 0 Å². The molecule has 0 fully saturated rings. The monoisotopic (exact) mass is 282 g/mol. The van der Waals surface area contributed by atoms with Crippen LogP contribution in [-0.2, 0) is 6.61 Å². The van der Waals surface area contributed by atoms with Gasteiger partial charge < -0.3 is 10.1 Å². The van der Waals surface area contributed by atoms with E-state index in [-0.39, 0.29) is 0 Å². The molecular weight excluding hydrogens is 271 g/mol. The van der Waals surface area contributed by atoms with Gasteiger partial charge in [0.05, 0.1) is 10.7 Å². The van der Waals surface area contributed by atoms with Crippen LogP contribution < -0.4 is 10.1 Å². The Kier molecular flexibility index (Phi) is 4.28. The number of halogens is 2. The molecule has 0 aliphatic heterocycles. The van der Waals surface area contributed by atoms with Crippen LogP contribution in [-0.4, -0.2) is 12.0 Å². The number of anilines is 1. The Morgan fingerprint density at radius 1 is 1.22 bits per heavy atom. The van der Waals surface area contributed by atoms with Crippen molar-refractivity contribution in [1.82, 2.24) is 4.98 Å². The van der Waals surface area contributed by atoms with Crippen molar-refractivity contribution in [2.75, 3.05) is 12.4 Å². The molecule has 1 heterocycles. The fourth-order valence-corrected chi connectivity index (χ4v) is 1.77. The SMILES string of the molecule is CNc1ccc(Cl)c(COc2cccc(Cl)c2)n1. The van der Waals surface area contributed by atoms with E-state index in [0.29, 0.717) is 28.1 Å². The number of aromatic nitrogens is 1. The minimum atomic E-state index is 0.300. The van der Waals surface area contributed by atoms with Crippen molar-refractivity contribution in [2.45, 2.75) is 6.61 Å². The Morgan fingerprint density at radius 2 is 2.06 bits per heavy atom. The zero-order chi connectivity index (χ0) is 13.0. The molecule has 0 saturated heterocycles. The largest absolute Gasteiger partial charge is 0.487 e. The zero-order valence-corrected chi connectivity index (χ0v) is 11.3. The van der Waals surface area contributed by atoms with Gasteiger partial charge in [-0.25, -0.2) is 4.98 Å². The molecular formula is C13H12Cl2N2O. The van der Waals surface area contributed by atoms with Gasteiger partial charge in [0.15, 0.2) is 0 Å². The van der Waals surface area contributed by atoms with Crippen molar-refractivity contribution in [3.8, 4) is 5.75 Å². The van der Waals surface area contributed by atoms with E-state index in [1.54, 1.807) is 25.2 Å². The summed E-state index contributed by atoms with van der Waals surface area (Å²) >= 11 is 11.9. The van der Waals surface area contributed by atoms with Gasteiger partial charge in [-0.15, -0.1) is 0 Å². The molecule has 0 amide bonds. The first-order valence-electron chi connectivity index (χ1n) is 5.40. The highest BCUT2D eigenvalue weighted by Gasteiger charge is 2.05. The van der Waals surface area contributed by atoms with Gasteiger partial charge in [-0.2, -0.15) is 0 Å². The second-order valence-electron chi connectivity index (χ2n) is 3.62. The summed E-state index contributed by atoms with van der Waals surface area (Å²) in [7, 11) is 1.80.